The highest BCUT2D eigenvalue weighted by Crippen LogP contribution is 2.09. The van der Waals surface area contributed by atoms with Gasteiger partial charge in [0.2, 0.25) is 0 Å². The average molecular weight is 234 g/mol. The van der Waals surface area contributed by atoms with Crippen LogP contribution in [-0.2, 0) is 6.54 Å². The minimum atomic E-state index is 0.989. The summed E-state index contributed by atoms with van der Waals surface area (Å²) in [4.78, 5) is 2.24. The lowest BCUT2D eigenvalue weighted by Gasteiger charge is -2.10. The molecular weight excluding hydrogens is 208 g/mol. The van der Waals surface area contributed by atoms with Crippen molar-refractivity contribution in [3.05, 3.63) is 34.9 Å². The van der Waals surface area contributed by atoms with E-state index < -0.39 is 0 Å². The first-order valence-electron chi connectivity index (χ1n) is 6.51. The van der Waals surface area contributed by atoms with Crippen molar-refractivity contribution < 1.29 is 0 Å². The molecule has 0 saturated carbocycles. The molecule has 1 aromatic carbocycles. The standard InChI is InChI=1S/C15H26N2/c1-13-7-8-15(11-14(13)2)12-16-9-5-6-10-17(3)4/h7-8,11,16H,5-6,9-10,12H2,1-4H3. The predicted molar refractivity (Wildman–Crippen MR) is 75.4 cm³/mol. The molecule has 2 nitrogen and oxygen atoms in total. The lowest BCUT2D eigenvalue weighted by atomic mass is 10.1. The maximum absolute atomic E-state index is 3.50. The van der Waals surface area contributed by atoms with Crippen molar-refractivity contribution in [3.63, 3.8) is 0 Å². The van der Waals surface area contributed by atoms with Crippen LogP contribution in [0.4, 0.5) is 0 Å². The quantitative estimate of drug-likeness (QED) is 0.730. The molecule has 0 bridgehead atoms. The van der Waals surface area contributed by atoms with Crippen LogP contribution in [0.2, 0.25) is 0 Å². The molecule has 0 unspecified atom stereocenters. The van der Waals surface area contributed by atoms with Crippen LogP contribution in [0.15, 0.2) is 18.2 Å². The van der Waals surface area contributed by atoms with Gasteiger partial charge in [0.15, 0.2) is 0 Å². The van der Waals surface area contributed by atoms with E-state index >= 15 is 0 Å². The maximum Gasteiger partial charge on any atom is 0.0205 e. The van der Waals surface area contributed by atoms with Gasteiger partial charge in [-0.15, -0.1) is 0 Å². The lowest BCUT2D eigenvalue weighted by Crippen LogP contribution is -2.18. The fourth-order valence-corrected chi connectivity index (χ4v) is 1.82. The second kappa shape index (κ2) is 7.46. The van der Waals surface area contributed by atoms with Gasteiger partial charge in [-0.2, -0.15) is 0 Å². The highest BCUT2D eigenvalue weighted by atomic mass is 15.0. The Bertz CT molecular complexity index is 332. The summed E-state index contributed by atoms with van der Waals surface area (Å²) >= 11 is 0. The van der Waals surface area contributed by atoms with Gasteiger partial charge in [-0.25, -0.2) is 0 Å². The second-order valence-electron chi connectivity index (χ2n) is 5.11. The van der Waals surface area contributed by atoms with E-state index in [0.717, 1.165) is 13.1 Å². The molecule has 2 heteroatoms. The zero-order chi connectivity index (χ0) is 12.7. The Hall–Kier alpha value is -0.860. The van der Waals surface area contributed by atoms with Gasteiger partial charge in [0.05, 0.1) is 0 Å². The molecule has 0 radical (unpaired) electrons. The highest BCUT2D eigenvalue weighted by Gasteiger charge is 1.96. The zero-order valence-corrected chi connectivity index (χ0v) is 11.7. The van der Waals surface area contributed by atoms with Crippen molar-refractivity contribution in [1.82, 2.24) is 10.2 Å². The number of hydrogen-bond acceptors (Lipinski definition) is 2. The summed E-state index contributed by atoms with van der Waals surface area (Å²) in [5, 5.41) is 3.50. The van der Waals surface area contributed by atoms with Crippen LogP contribution in [0.1, 0.15) is 29.5 Å². The zero-order valence-electron chi connectivity index (χ0n) is 11.7. The van der Waals surface area contributed by atoms with Crippen LogP contribution in [0.5, 0.6) is 0 Å². The topological polar surface area (TPSA) is 15.3 Å². The second-order valence-corrected chi connectivity index (χ2v) is 5.11. The van der Waals surface area contributed by atoms with E-state index in [9.17, 15) is 0 Å². The third kappa shape index (κ3) is 5.85. The van der Waals surface area contributed by atoms with Crippen LogP contribution in [0.25, 0.3) is 0 Å². The summed E-state index contributed by atoms with van der Waals surface area (Å²) < 4.78 is 0. The minimum Gasteiger partial charge on any atom is -0.313 e. The summed E-state index contributed by atoms with van der Waals surface area (Å²) in [6, 6.07) is 6.70. The molecule has 0 aromatic heterocycles. The number of benzene rings is 1. The van der Waals surface area contributed by atoms with Gasteiger partial charge in [-0.05, 0) is 70.6 Å². The lowest BCUT2D eigenvalue weighted by molar-refractivity contribution is 0.391. The molecule has 0 aliphatic heterocycles. The van der Waals surface area contributed by atoms with Crippen molar-refractivity contribution in [2.45, 2.75) is 33.2 Å². The summed E-state index contributed by atoms with van der Waals surface area (Å²) in [5.41, 5.74) is 4.15. The molecule has 0 heterocycles. The van der Waals surface area contributed by atoms with Crippen LogP contribution in [-0.4, -0.2) is 32.1 Å². The van der Waals surface area contributed by atoms with Crippen molar-refractivity contribution in [2.24, 2.45) is 0 Å². The Labute approximate surface area is 106 Å². The molecule has 0 aliphatic carbocycles. The van der Waals surface area contributed by atoms with E-state index in [-0.39, 0.29) is 0 Å². The molecule has 0 spiro atoms. The average Bonchev–Trinajstić information content (AvgIpc) is 2.27. The number of unbranched alkanes of at least 4 members (excludes halogenated alkanes) is 1. The summed E-state index contributed by atoms with van der Waals surface area (Å²) in [6.45, 7) is 7.62. The van der Waals surface area contributed by atoms with E-state index in [1.807, 2.05) is 0 Å². The van der Waals surface area contributed by atoms with E-state index in [0.29, 0.717) is 0 Å². The molecule has 0 atom stereocenters. The number of hydrogen-bond donors (Lipinski definition) is 1. The number of aryl methyl sites for hydroxylation is 2. The third-order valence-electron chi connectivity index (χ3n) is 3.11. The molecule has 0 saturated heterocycles. The Morgan fingerprint density at radius 2 is 1.82 bits per heavy atom. The number of nitrogens with one attached hydrogen (secondary N) is 1. The molecule has 96 valence electrons. The van der Waals surface area contributed by atoms with Gasteiger partial charge in [-0.1, -0.05) is 18.2 Å². The van der Waals surface area contributed by atoms with Gasteiger partial charge in [0.1, 0.15) is 0 Å². The molecular formula is C15H26N2. The van der Waals surface area contributed by atoms with Gasteiger partial charge >= 0.3 is 0 Å². The van der Waals surface area contributed by atoms with E-state index in [2.05, 4.69) is 56.4 Å². The Balaban J connectivity index is 2.16. The van der Waals surface area contributed by atoms with Crippen molar-refractivity contribution in [3.8, 4) is 0 Å². The van der Waals surface area contributed by atoms with Crippen molar-refractivity contribution in [2.75, 3.05) is 27.2 Å². The molecule has 1 aromatic rings. The molecule has 1 rings (SSSR count). The SMILES string of the molecule is Cc1ccc(CNCCCCN(C)C)cc1C. The molecule has 0 fully saturated rings. The highest BCUT2D eigenvalue weighted by molar-refractivity contribution is 5.29. The minimum absolute atomic E-state index is 0.989. The van der Waals surface area contributed by atoms with Gasteiger partial charge < -0.3 is 10.2 Å². The van der Waals surface area contributed by atoms with Crippen LogP contribution in [0.3, 0.4) is 0 Å². The monoisotopic (exact) mass is 234 g/mol. The van der Waals surface area contributed by atoms with Crippen molar-refractivity contribution in [1.29, 1.82) is 0 Å². The first-order chi connectivity index (χ1) is 8.09. The Morgan fingerprint density at radius 3 is 2.47 bits per heavy atom. The van der Waals surface area contributed by atoms with Gasteiger partial charge in [0.25, 0.3) is 0 Å². The molecule has 0 amide bonds. The maximum atomic E-state index is 3.50. The molecule has 17 heavy (non-hydrogen) atoms. The van der Waals surface area contributed by atoms with Crippen LogP contribution >= 0.6 is 0 Å². The third-order valence-corrected chi connectivity index (χ3v) is 3.11. The van der Waals surface area contributed by atoms with Crippen LogP contribution in [0, 0.1) is 13.8 Å². The van der Waals surface area contributed by atoms with E-state index in [1.54, 1.807) is 0 Å². The van der Waals surface area contributed by atoms with Crippen LogP contribution < -0.4 is 5.32 Å². The number of rotatable bonds is 7. The summed E-state index contributed by atoms with van der Waals surface area (Å²) in [6.07, 6.45) is 2.52. The largest absolute Gasteiger partial charge is 0.313 e. The predicted octanol–water partition coefficient (Wildman–Crippen LogP) is 2.73. The van der Waals surface area contributed by atoms with E-state index in [1.165, 1.54) is 36.1 Å². The smallest absolute Gasteiger partial charge is 0.0205 e. The van der Waals surface area contributed by atoms with E-state index in [4.69, 9.17) is 0 Å². The fraction of sp³-hybridized carbons (Fsp3) is 0.600. The summed E-state index contributed by atoms with van der Waals surface area (Å²) in [7, 11) is 4.25. The first-order valence-corrected chi connectivity index (χ1v) is 6.51. The normalized spacial score (nSPS) is 11.1. The molecule has 1 N–H and O–H groups in total. The summed E-state index contributed by atoms with van der Waals surface area (Å²) in [5.74, 6) is 0. The fourth-order valence-electron chi connectivity index (χ4n) is 1.82. The molecule has 0 aliphatic rings. The number of nitrogens with zero attached hydrogens (tertiary/aromatic N) is 1. The first kappa shape index (κ1) is 14.2. The Morgan fingerprint density at radius 1 is 1.06 bits per heavy atom. The Kier molecular flexibility index (Phi) is 6.23. The van der Waals surface area contributed by atoms with Crippen molar-refractivity contribution >= 4 is 0 Å². The van der Waals surface area contributed by atoms with Gasteiger partial charge in [-0.3, -0.25) is 0 Å². The van der Waals surface area contributed by atoms with Gasteiger partial charge in [0, 0.05) is 6.54 Å².